The number of carbonyl (C=O) groups excluding carboxylic acids is 1. The van der Waals surface area contributed by atoms with E-state index in [2.05, 4.69) is 0 Å². The van der Waals surface area contributed by atoms with Crippen molar-refractivity contribution in [3.63, 3.8) is 0 Å². The van der Waals surface area contributed by atoms with E-state index >= 15 is 0 Å². The lowest BCUT2D eigenvalue weighted by Gasteiger charge is -2.21. The van der Waals surface area contributed by atoms with Crippen molar-refractivity contribution in [2.45, 2.75) is 26.2 Å². The molecule has 0 radical (unpaired) electrons. The largest absolute Gasteiger partial charge is 0.481 e. The van der Waals surface area contributed by atoms with Gasteiger partial charge in [-0.1, -0.05) is 12.1 Å². The van der Waals surface area contributed by atoms with E-state index in [1.807, 2.05) is 11.8 Å². The van der Waals surface area contributed by atoms with Gasteiger partial charge in [0.2, 0.25) is 0 Å². The minimum atomic E-state index is -0.880. The van der Waals surface area contributed by atoms with E-state index in [1.54, 1.807) is 24.3 Å². The highest BCUT2D eigenvalue weighted by Crippen LogP contribution is 2.30. The predicted octanol–water partition coefficient (Wildman–Crippen LogP) is 2.19. The van der Waals surface area contributed by atoms with Gasteiger partial charge in [-0.25, -0.2) is 0 Å². The monoisotopic (exact) mass is 261 g/mol. The molecule has 0 unspecified atom stereocenters. The maximum absolute atomic E-state index is 12.4. The van der Waals surface area contributed by atoms with Gasteiger partial charge in [0, 0.05) is 18.7 Å². The predicted molar refractivity (Wildman–Crippen MR) is 72.1 cm³/mol. The van der Waals surface area contributed by atoms with Crippen molar-refractivity contribution in [1.29, 1.82) is 0 Å². The van der Waals surface area contributed by atoms with Gasteiger partial charge in [-0.05, 0) is 43.4 Å². The Labute approximate surface area is 113 Å². The summed E-state index contributed by atoms with van der Waals surface area (Å²) in [5, 5.41) is 8.78. The first kappa shape index (κ1) is 13.6. The fourth-order valence-corrected chi connectivity index (χ4v) is 2.14. The molecule has 0 atom stereocenters. The van der Waals surface area contributed by atoms with Crippen molar-refractivity contribution in [2.24, 2.45) is 5.92 Å². The minimum absolute atomic E-state index is 0.00152. The van der Waals surface area contributed by atoms with Crippen molar-refractivity contribution < 1.29 is 14.7 Å². The van der Waals surface area contributed by atoms with Gasteiger partial charge in [0.25, 0.3) is 5.91 Å². The summed E-state index contributed by atoms with van der Waals surface area (Å²) in [5.41, 5.74) is 1.25. The van der Waals surface area contributed by atoms with E-state index in [-0.39, 0.29) is 12.3 Å². The van der Waals surface area contributed by atoms with E-state index in [0.29, 0.717) is 23.6 Å². The van der Waals surface area contributed by atoms with Gasteiger partial charge in [0.1, 0.15) is 0 Å². The van der Waals surface area contributed by atoms with Crippen LogP contribution in [-0.4, -0.2) is 35.0 Å². The first-order chi connectivity index (χ1) is 9.10. The summed E-state index contributed by atoms with van der Waals surface area (Å²) < 4.78 is 0. The highest BCUT2D eigenvalue weighted by molar-refractivity contribution is 5.94. The molecule has 1 aliphatic rings. The van der Waals surface area contributed by atoms with Crippen LogP contribution in [0.4, 0.5) is 0 Å². The average Bonchev–Trinajstić information content (AvgIpc) is 3.18. The van der Waals surface area contributed by atoms with E-state index in [4.69, 9.17) is 5.11 Å². The van der Waals surface area contributed by atoms with Crippen molar-refractivity contribution in [1.82, 2.24) is 4.90 Å². The summed E-state index contributed by atoms with van der Waals surface area (Å²) in [6.45, 7) is 3.48. The molecule has 1 aromatic carbocycles. The molecule has 0 saturated heterocycles. The van der Waals surface area contributed by atoms with Crippen LogP contribution < -0.4 is 0 Å². The molecule has 1 saturated carbocycles. The number of aliphatic carboxylic acids is 1. The topological polar surface area (TPSA) is 57.6 Å². The van der Waals surface area contributed by atoms with Crippen LogP contribution in [-0.2, 0) is 11.2 Å². The van der Waals surface area contributed by atoms with Crippen LogP contribution in [0.1, 0.15) is 35.7 Å². The zero-order valence-electron chi connectivity index (χ0n) is 11.1. The molecule has 102 valence electrons. The Balaban J connectivity index is 2.09. The van der Waals surface area contributed by atoms with Crippen molar-refractivity contribution in [3.8, 4) is 0 Å². The number of nitrogens with zero attached hydrogens (tertiary/aromatic N) is 1. The Kier molecular flexibility index (Phi) is 4.20. The van der Waals surface area contributed by atoms with Gasteiger partial charge >= 0.3 is 5.97 Å². The molecule has 1 aromatic rings. The smallest absolute Gasteiger partial charge is 0.307 e. The molecule has 1 fully saturated rings. The zero-order valence-corrected chi connectivity index (χ0v) is 11.1. The van der Waals surface area contributed by atoms with Crippen LogP contribution in [0.25, 0.3) is 0 Å². The van der Waals surface area contributed by atoms with Crippen LogP contribution in [0.3, 0.4) is 0 Å². The van der Waals surface area contributed by atoms with Crippen LogP contribution >= 0.6 is 0 Å². The Bertz CT molecular complexity index is 480. The third kappa shape index (κ3) is 3.81. The number of carboxylic acids is 1. The number of benzene rings is 1. The standard InChI is InChI=1S/C15H19NO3/c1-2-16(10-11-6-7-11)15(19)13-5-3-4-12(8-13)9-14(17)18/h3-5,8,11H,2,6-7,9-10H2,1H3,(H,17,18). The molecule has 0 heterocycles. The summed E-state index contributed by atoms with van der Waals surface area (Å²) in [7, 11) is 0. The molecule has 4 heteroatoms. The van der Waals surface area contributed by atoms with E-state index in [0.717, 1.165) is 6.54 Å². The fraction of sp³-hybridized carbons (Fsp3) is 0.467. The second-order valence-electron chi connectivity index (χ2n) is 5.06. The van der Waals surface area contributed by atoms with E-state index < -0.39 is 5.97 Å². The second kappa shape index (κ2) is 5.87. The number of hydrogen-bond donors (Lipinski definition) is 1. The molecule has 0 aromatic heterocycles. The Morgan fingerprint density at radius 1 is 1.37 bits per heavy atom. The molecule has 1 amide bonds. The fourth-order valence-electron chi connectivity index (χ4n) is 2.14. The van der Waals surface area contributed by atoms with Crippen LogP contribution in [0, 0.1) is 5.92 Å². The second-order valence-corrected chi connectivity index (χ2v) is 5.06. The summed E-state index contributed by atoms with van der Waals surface area (Å²) >= 11 is 0. The van der Waals surface area contributed by atoms with Crippen molar-refractivity contribution in [2.75, 3.05) is 13.1 Å². The zero-order chi connectivity index (χ0) is 13.8. The summed E-state index contributed by atoms with van der Waals surface area (Å²) in [4.78, 5) is 24.9. The number of carboxylic acid groups (broad SMARTS) is 1. The highest BCUT2D eigenvalue weighted by atomic mass is 16.4. The van der Waals surface area contributed by atoms with E-state index in [1.165, 1.54) is 12.8 Å². The lowest BCUT2D eigenvalue weighted by Crippen LogP contribution is -2.32. The van der Waals surface area contributed by atoms with Crippen molar-refractivity contribution >= 4 is 11.9 Å². The lowest BCUT2D eigenvalue weighted by molar-refractivity contribution is -0.136. The quantitative estimate of drug-likeness (QED) is 0.854. The molecular weight excluding hydrogens is 242 g/mol. The van der Waals surface area contributed by atoms with Gasteiger partial charge < -0.3 is 10.0 Å². The Morgan fingerprint density at radius 3 is 2.68 bits per heavy atom. The number of amides is 1. The van der Waals surface area contributed by atoms with Gasteiger partial charge in [0.05, 0.1) is 6.42 Å². The van der Waals surface area contributed by atoms with E-state index in [9.17, 15) is 9.59 Å². The molecule has 0 spiro atoms. The molecular formula is C15H19NO3. The van der Waals surface area contributed by atoms with Crippen LogP contribution in [0.15, 0.2) is 24.3 Å². The molecule has 1 N–H and O–H groups in total. The first-order valence-corrected chi connectivity index (χ1v) is 6.70. The number of rotatable bonds is 6. The van der Waals surface area contributed by atoms with Gasteiger partial charge in [-0.2, -0.15) is 0 Å². The van der Waals surface area contributed by atoms with Gasteiger partial charge in [-0.15, -0.1) is 0 Å². The number of carbonyl (C=O) groups is 2. The summed E-state index contributed by atoms with van der Waals surface area (Å²) in [5.74, 6) is -0.220. The van der Waals surface area contributed by atoms with Crippen molar-refractivity contribution in [3.05, 3.63) is 35.4 Å². The average molecular weight is 261 g/mol. The Hall–Kier alpha value is -1.84. The lowest BCUT2D eigenvalue weighted by atomic mass is 10.1. The first-order valence-electron chi connectivity index (χ1n) is 6.70. The normalized spacial score (nSPS) is 14.2. The highest BCUT2D eigenvalue weighted by Gasteiger charge is 2.26. The molecule has 0 bridgehead atoms. The minimum Gasteiger partial charge on any atom is -0.481 e. The third-order valence-electron chi connectivity index (χ3n) is 3.37. The van der Waals surface area contributed by atoms with Crippen LogP contribution in [0.5, 0.6) is 0 Å². The summed E-state index contributed by atoms with van der Waals surface area (Å²) in [6.07, 6.45) is 2.38. The maximum Gasteiger partial charge on any atom is 0.307 e. The summed E-state index contributed by atoms with van der Waals surface area (Å²) in [6, 6.07) is 6.92. The maximum atomic E-state index is 12.4. The SMILES string of the molecule is CCN(CC1CC1)C(=O)c1cccc(CC(=O)O)c1. The molecule has 19 heavy (non-hydrogen) atoms. The van der Waals surface area contributed by atoms with Gasteiger partial charge in [-0.3, -0.25) is 9.59 Å². The van der Waals surface area contributed by atoms with Crippen LogP contribution in [0.2, 0.25) is 0 Å². The van der Waals surface area contributed by atoms with Gasteiger partial charge in [0.15, 0.2) is 0 Å². The Morgan fingerprint density at radius 2 is 2.11 bits per heavy atom. The molecule has 1 aliphatic carbocycles. The number of hydrogen-bond acceptors (Lipinski definition) is 2. The molecule has 4 nitrogen and oxygen atoms in total. The molecule has 2 rings (SSSR count). The third-order valence-corrected chi connectivity index (χ3v) is 3.37. The molecule has 0 aliphatic heterocycles.